The zero-order valence-electron chi connectivity index (χ0n) is 12.2. The van der Waals surface area contributed by atoms with Crippen molar-refractivity contribution >= 4 is 0 Å². The summed E-state index contributed by atoms with van der Waals surface area (Å²) in [6, 6.07) is 11.2. The van der Waals surface area contributed by atoms with Gasteiger partial charge in [0, 0.05) is 11.6 Å². The number of benzene rings is 1. The Morgan fingerprint density at radius 2 is 1.79 bits per heavy atom. The van der Waals surface area contributed by atoms with Crippen LogP contribution in [0.3, 0.4) is 0 Å². The van der Waals surface area contributed by atoms with E-state index in [1.54, 1.807) is 0 Å². The molecule has 2 aliphatic rings. The molecule has 0 bridgehead atoms. The lowest BCUT2D eigenvalue weighted by atomic mass is 9.83. The van der Waals surface area contributed by atoms with E-state index in [4.69, 9.17) is 5.73 Å². The summed E-state index contributed by atoms with van der Waals surface area (Å²) in [5, 5.41) is 0. The van der Waals surface area contributed by atoms with Gasteiger partial charge in [-0.15, -0.1) is 0 Å². The van der Waals surface area contributed by atoms with E-state index in [1.807, 2.05) is 0 Å². The van der Waals surface area contributed by atoms with Crippen LogP contribution >= 0.6 is 0 Å². The fourth-order valence-corrected chi connectivity index (χ4v) is 4.16. The van der Waals surface area contributed by atoms with Crippen molar-refractivity contribution in [2.24, 2.45) is 11.7 Å². The minimum Gasteiger partial charge on any atom is -0.326 e. The number of hydrogen-bond acceptors (Lipinski definition) is 2. The Hall–Kier alpha value is -0.860. The molecule has 1 aromatic rings. The number of hydrogen-bond donors (Lipinski definition) is 1. The lowest BCUT2D eigenvalue weighted by Crippen LogP contribution is -2.56. The van der Waals surface area contributed by atoms with E-state index < -0.39 is 0 Å². The Balaban J connectivity index is 1.74. The highest BCUT2D eigenvalue weighted by Gasteiger charge is 2.52. The summed E-state index contributed by atoms with van der Waals surface area (Å²) in [7, 11) is 4.43. The number of rotatable bonds is 4. The Morgan fingerprint density at radius 1 is 1.16 bits per heavy atom. The zero-order valence-corrected chi connectivity index (χ0v) is 12.2. The fourth-order valence-electron chi connectivity index (χ4n) is 4.16. The van der Waals surface area contributed by atoms with Gasteiger partial charge in [0.15, 0.2) is 0 Å². The highest BCUT2D eigenvalue weighted by Crippen LogP contribution is 2.53. The standard InChI is InChI=1S/C17H26N2/c1-19(2)17(10-6-7-11-17)16(18)15-12-14(15)13-8-4-3-5-9-13/h3-5,8-9,14-16H,6-7,10-12,18H2,1-2H3. The minimum absolute atomic E-state index is 0.258. The first-order valence-corrected chi connectivity index (χ1v) is 7.63. The summed E-state index contributed by atoms with van der Waals surface area (Å²) in [5.41, 5.74) is 8.45. The van der Waals surface area contributed by atoms with Gasteiger partial charge in [0.05, 0.1) is 0 Å². The van der Waals surface area contributed by atoms with Gasteiger partial charge in [-0.05, 0) is 50.8 Å². The maximum atomic E-state index is 6.71. The van der Waals surface area contributed by atoms with Gasteiger partial charge in [-0.25, -0.2) is 0 Å². The molecule has 2 nitrogen and oxygen atoms in total. The van der Waals surface area contributed by atoms with Crippen molar-refractivity contribution in [3.63, 3.8) is 0 Å². The van der Waals surface area contributed by atoms with Crippen molar-refractivity contribution in [2.45, 2.75) is 49.6 Å². The third-order valence-electron chi connectivity index (χ3n) is 5.51. The second kappa shape index (κ2) is 4.92. The van der Waals surface area contributed by atoms with Crippen molar-refractivity contribution in [3.8, 4) is 0 Å². The molecular weight excluding hydrogens is 232 g/mol. The van der Waals surface area contributed by atoms with Crippen molar-refractivity contribution in [1.29, 1.82) is 0 Å². The summed E-state index contributed by atoms with van der Waals surface area (Å²) in [6.07, 6.45) is 6.52. The summed E-state index contributed by atoms with van der Waals surface area (Å²) in [5.74, 6) is 1.39. The molecule has 0 heterocycles. The van der Waals surface area contributed by atoms with Crippen LogP contribution < -0.4 is 5.73 Å². The molecule has 3 rings (SSSR count). The lowest BCUT2D eigenvalue weighted by molar-refractivity contribution is 0.112. The van der Waals surface area contributed by atoms with Gasteiger partial charge in [0.2, 0.25) is 0 Å². The maximum Gasteiger partial charge on any atom is 0.0357 e. The third-order valence-corrected chi connectivity index (χ3v) is 5.51. The summed E-state index contributed by atoms with van der Waals surface area (Å²) in [4.78, 5) is 2.41. The average molecular weight is 258 g/mol. The molecule has 0 aromatic heterocycles. The van der Waals surface area contributed by atoms with Gasteiger partial charge in [-0.3, -0.25) is 0 Å². The second-order valence-electron chi connectivity index (χ2n) is 6.65. The topological polar surface area (TPSA) is 29.3 Å². The van der Waals surface area contributed by atoms with Crippen LogP contribution in [-0.2, 0) is 0 Å². The quantitative estimate of drug-likeness (QED) is 0.899. The van der Waals surface area contributed by atoms with Crippen LogP contribution in [0.1, 0.15) is 43.6 Å². The highest BCUT2D eigenvalue weighted by molar-refractivity contribution is 5.28. The van der Waals surface area contributed by atoms with E-state index in [-0.39, 0.29) is 5.54 Å². The van der Waals surface area contributed by atoms with Crippen LogP contribution in [0.4, 0.5) is 0 Å². The van der Waals surface area contributed by atoms with Gasteiger partial charge in [0.1, 0.15) is 0 Å². The summed E-state index contributed by atoms with van der Waals surface area (Å²) >= 11 is 0. The van der Waals surface area contributed by atoms with E-state index >= 15 is 0 Å². The van der Waals surface area contributed by atoms with E-state index in [9.17, 15) is 0 Å². The van der Waals surface area contributed by atoms with Crippen LogP contribution in [0.2, 0.25) is 0 Å². The molecule has 0 saturated heterocycles. The second-order valence-corrected chi connectivity index (χ2v) is 6.65. The maximum absolute atomic E-state index is 6.71. The van der Waals surface area contributed by atoms with Crippen LogP contribution in [0.25, 0.3) is 0 Å². The van der Waals surface area contributed by atoms with Crippen molar-refractivity contribution in [1.82, 2.24) is 4.90 Å². The van der Waals surface area contributed by atoms with Crippen LogP contribution in [0.5, 0.6) is 0 Å². The Kier molecular flexibility index (Phi) is 3.40. The fraction of sp³-hybridized carbons (Fsp3) is 0.647. The van der Waals surface area contributed by atoms with Gasteiger partial charge in [0.25, 0.3) is 0 Å². The monoisotopic (exact) mass is 258 g/mol. The molecule has 1 aromatic carbocycles. The summed E-state index contributed by atoms with van der Waals surface area (Å²) in [6.45, 7) is 0. The van der Waals surface area contributed by atoms with E-state index in [0.29, 0.717) is 17.9 Å². The molecule has 3 atom stereocenters. The molecule has 19 heavy (non-hydrogen) atoms. The number of likely N-dealkylation sites (N-methyl/N-ethyl adjacent to an activating group) is 1. The molecule has 0 spiro atoms. The predicted octanol–water partition coefficient (Wildman–Crippen LogP) is 2.99. The molecule has 2 heteroatoms. The Bertz CT molecular complexity index is 420. The molecular formula is C17H26N2. The lowest BCUT2D eigenvalue weighted by Gasteiger charge is -2.42. The van der Waals surface area contributed by atoms with E-state index in [1.165, 1.54) is 37.7 Å². The molecule has 104 valence electrons. The van der Waals surface area contributed by atoms with Gasteiger partial charge in [-0.1, -0.05) is 43.2 Å². The van der Waals surface area contributed by atoms with Gasteiger partial charge >= 0.3 is 0 Å². The van der Waals surface area contributed by atoms with E-state index in [0.717, 1.165) is 0 Å². The van der Waals surface area contributed by atoms with Crippen LogP contribution in [0.15, 0.2) is 30.3 Å². The first kappa shape index (κ1) is 13.1. The molecule has 3 unspecified atom stereocenters. The minimum atomic E-state index is 0.258. The molecule has 2 aliphatic carbocycles. The highest BCUT2D eigenvalue weighted by atomic mass is 15.2. The first-order chi connectivity index (χ1) is 9.15. The Labute approximate surface area is 117 Å². The third kappa shape index (κ3) is 2.21. The molecule has 0 amide bonds. The molecule has 0 aliphatic heterocycles. The normalized spacial score (nSPS) is 30.5. The summed E-state index contributed by atoms with van der Waals surface area (Å²) < 4.78 is 0. The zero-order chi connectivity index (χ0) is 13.5. The Morgan fingerprint density at radius 3 is 2.37 bits per heavy atom. The van der Waals surface area contributed by atoms with Crippen molar-refractivity contribution in [2.75, 3.05) is 14.1 Å². The molecule has 2 fully saturated rings. The van der Waals surface area contributed by atoms with Gasteiger partial charge < -0.3 is 10.6 Å². The molecule has 2 saturated carbocycles. The molecule has 0 radical (unpaired) electrons. The van der Waals surface area contributed by atoms with Crippen LogP contribution in [-0.4, -0.2) is 30.6 Å². The number of nitrogens with two attached hydrogens (primary N) is 1. The predicted molar refractivity (Wildman–Crippen MR) is 80.2 cm³/mol. The van der Waals surface area contributed by atoms with Crippen LogP contribution in [0, 0.1) is 5.92 Å². The van der Waals surface area contributed by atoms with Crippen molar-refractivity contribution in [3.05, 3.63) is 35.9 Å². The van der Waals surface area contributed by atoms with E-state index in [2.05, 4.69) is 49.3 Å². The number of nitrogens with zero attached hydrogens (tertiary/aromatic N) is 1. The first-order valence-electron chi connectivity index (χ1n) is 7.63. The smallest absolute Gasteiger partial charge is 0.0357 e. The van der Waals surface area contributed by atoms with Crippen molar-refractivity contribution < 1.29 is 0 Å². The SMILES string of the molecule is CN(C)C1(C(N)C2CC2c2ccccc2)CCCC1. The average Bonchev–Trinajstić information content (AvgIpc) is 3.06. The molecule has 2 N–H and O–H groups in total. The van der Waals surface area contributed by atoms with Gasteiger partial charge in [-0.2, -0.15) is 0 Å². The largest absolute Gasteiger partial charge is 0.326 e.